The lowest BCUT2D eigenvalue weighted by atomic mass is 9.77. The third-order valence-electron chi connectivity index (χ3n) is 6.74. The van der Waals surface area contributed by atoms with Crippen LogP contribution in [0.3, 0.4) is 0 Å². The largest absolute Gasteiger partial charge is 0.491 e. The molecule has 1 saturated heterocycles. The van der Waals surface area contributed by atoms with Gasteiger partial charge in [-0.05, 0) is 83.6 Å². The first-order chi connectivity index (χ1) is 16.1. The van der Waals surface area contributed by atoms with Crippen LogP contribution in [0.5, 0.6) is 5.75 Å². The summed E-state index contributed by atoms with van der Waals surface area (Å²) in [4.78, 5) is 35.8. The average Bonchev–Trinajstić information content (AvgIpc) is 2.80. The van der Waals surface area contributed by atoms with Crippen LogP contribution < -0.4 is 4.74 Å². The summed E-state index contributed by atoms with van der Waals surface area (Å²) >= 11 is 6.22. The van der Waals surface area contributed by atoms with Crippen molar-refractivity contribution >= 4 is 35.1 Å². The summed E-state index contributed by atoms with van der Waals surface area (Å²) in [7, 11) is 0. The summed E-state index contributed by atoms with van der Waals surface area (Å²) in [5, 5.41) is 0.0879. The van der Waals surface area contributed by atoms with Crippen LogP contribution in [0.4, 0.5) is 5.69 Å². The van der Waals surface area contributed by atoms with Crippen molar-refractivity contribution in [2.75, 3.05) is 13.1 Å². The fraction of sp³-hybridized carbons (Fsp3) is 0.667. The number of aliphatic imine (C=N–C) groups is 1. The Labute approximate surface area is 210 Å². The minimum Gasteiger partial charge on any atom is -0.491 e. The molecule has 0 radical (unpaired) electrons. The molecule has 0 bridgehead atoms. The van der Waals surface area contributed by atoms with Gasteiger partial charge in [0.25, 0.3) is 0 Å². The quantitative estimate of drug-likeness (QED) is 0.251. The van der Waals surface area contributed by atoms with Crippen LogP contribution in [-0.2, 0) is 9.59 Å². The third kappa shape index (κ3) is 6.32. The van der Waals surface area contributed by atoms with E-state index in [9.17, 15) is 9.59 Å². The molecule has 0 aliphatic carbocycles. The molecule has 1 aromatic carbocycles. The molecule has 2 atom stereocenters. The number of guanidine groups is 1. The van der Waals surface area contributed by atoms with Crippen molar-refractivity contribution < 1.29 is 14.3 Å². The number of hydrogen-bond acceptors (Lipinski definition) is 4. The Kier molecular flexibility index (Phi) is 10.4. The van der Waals surface area contributed by atoms with Crippen LogP contribution in [0.25, 0.3) is 0 Å². The van der Waals surface area contributed by atoms with E-state index in [4.69, 9.17) is 21.3 Å². The minimum atomic E-state index is -1.04. The van der Waals surface area contributed by atoms with Crippen LogP contribution in [0.1, 0.15) is 80.6 Å². The summed E-state index contributed by atoms with van der Waals surface area (Å²) in [6.45, 7) is 14.9. The summed E-state index contributed by atoms with van der Waals surface area (Å²) in [5.41, 5.74) is -0.361. The minimum absolute atomic E-state index is 0.0784. The number of carbonyl (C=O) groups is 2. The summed E-state index contributed by atoms with van der Waals surface area (Å²) < 4.78 is 5.74. The van der Waals surface area contributed by atoms with Crippen molar-refractivity contribution in [3.05, 3.63) is 24.3 Å². The fourth-order valence-electron chi connectivity index (χ4n) is 4.50. The summed E-state index contributed by atoms with van der Waals surface area (Å²) in [6, 6.07) is 7.45. The number of ether oxygens (including phenoxy) is 1. The second-order valence-corrected chi connectivity index (χ2v) is 10.2. The normalized spacial score (nSPS) is 19.1. The first-order valence-corrected chi connectivity index (χ1v) is 13.2. The van der Waals surface area contributed by atoms with Crippen molar-refractivity contribution in [2.45, 2.75) is 92.1 Å². The SMILES string of the molecule is CCC(CCC(C)Cl)CN1C(=O)C(CC)(CC)C(=O)N(CC)C1=Nc1ccc(OC(C)C)cc1. The molecular formula is C27H42ClN3O3. The van der Waals surface area contributed by atoms with E-state index in [-0.39, 0.29) is 29.2 Å². The Bertz CT molecular complexity index is 847. The molecule has 1 aliphatic heterocycles. The van der Waals surface area contributed by atoms with Crippen LogP contribution in [-0.4, -0.2) is 52.1 Å². The Morgan fingerprint density at radius 2 is 1.53 bits per heavy atom. The van der Waals surface area contributed by atoms with Gasteiger partial charge < -0.3 is 4.74 Å². The topological polar surface area (TPSA) is 62.2 Å². The van der Waals surface area contributed by atoms with Gasteiger partial charge in [0.1, 0.15) is 11.2 Å². The van der Waals surface area contributed by atoms with Gasteiger partial charge in [-0.25, -0.2) is 4.99 Å². The van der Waals surface area contributed by atoms with E-state index in [1.165, 1.54) is 0 Å². The van der Waals surface area contributed by atoms with Gasteiger partial charge in [-0.2, -0.15) is 0 Å². The number of halogens is 1. The van der Waals surface area contributed by atoms with Crippen molar-refractivity contribution in [2.24, 2.45) is 16.3 Å². The Morgan fingerprint density at radius 3 is 2.00 bits per heavy atom. The van der Waals surface area contributed by atoms with Crippen molar-refractivity contribution in [3.8, 4) is 5.75 Å². The lowest BCUT2D eigenvalue weighted by molar-refractivity contribution is -0.157. The van der Waals surface area contributed by atoms with Crippen LogP contribution in [0.15, 0.2) is 29.3 Å². The molecule has 190 valence electrons. The highest BCUT2D eigenvalue weighted by atomic mass is 35.5. The number of carbonyl (C=O) groups excluding carboxylic acids is 2. The van der Waals surface area contributed by atoms with E-state index >= 15 is 0 Å². The fourth-order valence-corrected chi connectivity index (χ4v) is 4.62. The molecule has 2 amide bonds. The van der Waals surface area contributed by atoms with Crippen molar-refractivity contribution in [3.63, 3.8) is 0 Å². The van der Waals surface area contributed by atoms with Gasteiger partial charge in [-0.3, -0.25) is 19.4 Å². The predicted octanol–water partition coefficient (Wildman–Crippen LogP) is 6.39. The zero-order valence-electron chi connectivity index (χ0n) is 21.9. The number of alkyl halides is 1. The molecule has 1 aliphatic rings. The van der Waals surface area contributed by atoms with Gasteiger partial charge in [-0.1, -0.05) is 27.2 Å². The van der Waals surface area contributed by atoms with Crippen molar-refractivity contribution in [1.29, 1.82) is 0 Å². The van der Waals surface area contributed by atoms with E-state index in [1.807, 2.05) is 65.8 Å². The zero-order valence-corrected chi connectivity index (χ0v) is 22.7. The summed E-state index contributed by atoms with van der Waals surface area (Å²) in [5.74, 6) is 1.17. The molecule has 1 aromatic rings. The van der Waals surface area contributed by atoms with Gasteiger partial charge in [0.05, 0.1) is 11.8 Å². The highest BCUT2D eigenvalue weighted by molar-refractivity contribution is 6.21. The van der Waals surface area contributed by atoms with Gasteiger partial charge in [0, 0.05) is 18.5 Å². The molecule has 1 heterocycles. The van der Waals surface area contributed by atoms with Crippen LogP contribution in [0, 0.1) is 11.3 Å². The molecule has 2 unspecified atom stereocenters. The molecule has 2 rings (SSSR count). The molecule has 1 fully saturated rings. The number of benzene rings is 1. The smallest absolute Gasteiger partial charge is 0.245 e. The summed E-state index contributed by atoms with van der Waals surface area (Å²) in [6.07, 6.45) is 3.75. The first kappa shape index (κ1) is 28.2. The second kappa shape index (κ2) is 12.6. The number of rotatable bonds is 12. The molecule has 0 N–H and O–H groups in total. The van der Waals surface area contributed by atoms with E-state index in [0.717, 1.165) is 25.0 Å². The van der Waals surface area contributed by atoms with E-state index in [0.29, 0.717) is 37.6 Å². The molecule has 0 spiro atoms. The lowest BCUT2D eigenvalue weighted by Gasteiger charge is -2.46. The maximum Gasteiger partial charge on any atom is 0.245 e. The Hall–Kier alpha value is -2.08. The number of amides is 2. The molecule has 34 heavy (non-hydrogen) atoms. The molecule has 7 heteroatoms. The Balaban J connectivity index is 2.52. The monoisotopic (exact) mass is 491 g/mol. The first-order valence-electron chi connectivity index (χ1n) is 12.8. The van der Waals surface area contributed by atoms with E-state index in [2.05, 4.69) is 6.92 Å². The number of nitrogens with zero attached hydrogens (tertiary/aromatic N) is 3. The lowest BCUT2D eigenvalue weighted by Crippen LogP contribution is -2.66. The Morgan fingerprint density at radius 1 is 0.941 bits per heavy atom. The van der Waals surface area contributed by atoms with Gasteiger partial charge in [0.2, 0.25) is 17.8 Å². The molecular weight excluding hydrogens is 450 g/mol. The molecule has 0 aromatic heterocycles. The van der Waals surface area contributed by atoms with E-state index in [1.54, 1.807) is 9.80 Å². The third-order valence-corrected chi connectivity index (χ3v) is 6.96. The highest BCUT2D eigenvalue weighted by Crippen LogP contribution is 2.37. The van der Waals surface area contributed by atoms with E-state index < -0.39 is 5.41 Å². The molecule has 6 nitrogen and oxygen atoms in total. The van der Waals surface area contributed by atoms with Crippen molar-refractivity contribution in [1.82, 2.24) is 9.80 Å². The van der Waals surface area contributed by atoms with Gasteiger partial charge in [0.15, 0.2) is 0 Å². The average molecular weight is 492 g/mol. The second-order valence-electron chi connectivity index (χ2n) is 9.46. The highest BCUT2D eigenvalue weighted by Gasteiger charge is 2.54. The standard InChI is InChI=1S/C27H42ClN3O3/c1-8-21(13-12-20(7)28)18-31-25(33)27(9-2,10-3)24(32)30(11-4)26(31)29-22-14-16-23(17-15-22)34-19(5)6/h14-17,19-21H,8-13,18H2,1-7H3. The maximum absolute atomic E-state index is 13.9. The van der Waals surface area contributed by atoms with Gasteiger partial charge >= 0.3 is 0 Å². The zero-order chi connectivity index (χ0) is 25.5. The van der Waals surface area contributed by atoms with Crippen LogP contribution in [0.2, 0.25) is 0 Å². The molecule has 0 saturated carbocycles. The van der Waals surface area contributed by atoms with Gasteiger partial charge in [-0.15, -0.1) is 11.6 Å². The number of hydrogen-bond donors (Lipinski definition) is 0. The predicted molar refractivity (Wildman–Crippen MR) is 140 cm³/mol. The maximum atomic E-state index is 13.9. The van der Waals surface area contributed by atoms with Crippen LogP contribution >= 0.6 is 11.6 Å².